The third kappa shape index (κ3) is 5.30. The Morgan fingerprint density at radius 1 is 0.897 bits per heavy atom. The molecule has 0 radical (unpaired) electrons. The monoisotopic (exact) mass is 466 g/mol. The van der Waals surface area contributed by atoms with Crippen LogP contribution in [-0.4, -0.2) is 42.7 Å². The Hall–Kier alpha value is -0.742. The van der Waals surface area contributed by atoms with Crippen molar-refractivity contribution in [3.8, 4) is 0 Å². The van der Waals surface area contributed by atoms with E-state index in [1.54, 1.807) is 0 Å². The van der Waals surface area contributed by atoms with Crippen LogP contribution in [0.3, 0.4) is 0 Å². The van der Waals surface area contributed by atoms with E-state index in [9.17, 15) is 4.79 Å². The lowest BCUT2D eigenvalue weighted by atomic mass is 9.89. The van der Waals surface area contributed by atoms with Crippen molar-refractivity contribution in [3.05, 3.63) is 48.0 Å². The first-order chi connectivity index (χ1) is 12.9. The predicted molar refractivity (Wildman–Crippen MR) is 136 cm³/mol. The first-order valence-corrected chi connectivity index (χ1v) is 25.9. The van der Waals surface area contributed by atoms with Crippen LogP contribution < -0.4 is 0 Å². The van der Waals surface area contributed by atoms with Gasteiger partial charge in [0.25, 0.3) is 0 Å². The molecule has 1 aromatic carbocycles. The minimum atomic E-state index is -2.11. The molecule has 0 saturated heterocycles. The van der Waals surface area contributed by atoms with Crippen LogP contribution in [0.5, 0.6) is 0 Å². The van der Waals surface area contributed by atoms with E-state index in [0.29, 0.717) is 12.0 Å². The standard InChI is InChI=1S/C22H42O3Si4/c1-19(21(23)24-3)18-22(2,20-16-14-13-15-17-20)25-29(26(4,5)6,27(7,8)9)28(10,11)12/h13-17H,1,18H2,2-12H3. The molecule has 29 heavy (non-hydrogen) atoms. The van der Waals surface area contributed by atoms with Crippen LogP contribution in [0.2, 0.25) is 58.9 Å². The average molecular weight is 467 g/mol. The number of carbonyl (C=O) groups is 1. The van der Waals surface area contributed by atoms with Crippen LogP contribution in [0.15, 0.2) is 42.5 Å². The maximum atomic E-state index is 12.2. The molecular formula is C22H42O3Si4. The first-order valence-electron chi connectivity index (χ1n) is 10.4. The molecule has 0 aliphatic heterocycles. The molecule has 1 atom stereocenters. The Morgan fingerprint density at radius 2 is 1.31 bits per heavy atom. The fourth-order valence-electron chi connectivity index (χ4n) is 5.78. The quantitative estimate of drug-likeness (QED) is 0.246. The average Bonchev–Trinajstić information content (AvgIpc) is 2.56. The molecule has 1 aromatic rings. The molecule has 0 spiro atoms. The molecule has 164 valence electrons. The van der Waals surface area contributed by atoms with Crippen LogP contribution in [0.25, 0.3) is 0 Å². The Bertz CT molecular complexity index is 691. The molecule has 7 heteroatoms. The maximum Gasteiger partial charge on any atom is 0.333 e. The van der Waals surface area contributed by atoms with Gasteiger partial charge in [-0.1, -0.05) is 95.8 Å². The summed E-state index contributed by atoms with van der Waals surface area (Å²) in [5.74, 6) is -0.350. The van der Waals surface area contributed by atoms with Crippen molar-refractivity contribution in [2.75, 3.05) is 7.11 Å². The number of ether oxygens (including phenoxy) is 1. The molecule has 0 aromatic heterocycles. The third-order valence-corrected chi connectivity index (χ3v) is 73.5. The predicted octanol–water partition coefficient (Wildman–Crippen LogP) is 6.23. The van der Waals surface area contributed by atoms with E-state index in [4.69, 9.17) is 9.16 Å². The van der Waals surface area contributed by atoms with E-state index in [0.717, 1.165) is 5.56 Å². The lowest BCUT2D eigenvalue weighted by molar-refractivity contribution is -0.136. The molecule has 0 heterocycles. The van der Waals surface area contributed by atoms with E-state index < -0.39 is 35.2 Å². The zero-order valence-corrected chi connectivity index (χ0v) is 24.5. The third-order valence-electron chi connectivity index (χ3n) is 5.96. The molecule has 0 aliphatic rings. The summed E-state index contributed by atoms with van der Waals surface area (Å²) >= 11 is 0. The number of carbonyl (C=O) groups excluding carboxylic acids is 1. The van der Waals surface area contributed by atoms with Gasteiger partial charge in [-0.05, 0) is 12.5 Å². The molecule has 1 unspecified atom stereocenters. The summed E-state index contributed by atoms with van der Waals surface area (Å²) < 4.78 is 12.6. The van der Waals surface area contributed by atoms with Gasteiger partial charge in [0.1, 0.15) is 0 Å². The van der Waals surface area contributed by atoms with E-state index in [1.807, 2.05) is 6.07 Å². The normalized spacial score (nSPS) is 15.6. The molecule has 1 rings (SSSR count). The molecule has 0 saturated carbocycles. The Kier molecular flexibility index (Phi) is 7.96. The summed E-state index contributed by atoms with van der Waals surface area (Å²) in [5.41, 5.74) is 1.01. The molecular weight excluding hydrogens is 425 g/mol. The van der Waals surface area contributed by atoms with Gasteiger partial charge in [-0.3, -0.25) is 0 Å². The van der Waals surface area contributed by atoms with Crippen molar-refractivity contribution in [3.63, 3.8) is 0 Å². The Balaban J connectivity index is 3.75. The molecule has 0 fully saturated rings. The molecule has 0 aliphatic carbocycles. The lowest BCUT2D eigenvalue weighted by Crippen LogP contribution is -2.85. The molecule has 3 nitrogen and oxygen atoms in total. The van der Waals surface area contributed by atoms with Crippen molar-refractivity contribution in [1.82, 2.24) is 0 Å². The molecule has 0 N–H and O–H groups in total. The summed E-state index contributed by atoms with van der Waals surface area (Å²) in [6.07, 6.45) is 0.456. The highest BCUT2D eigenvalue weighted by Crippen LogP contribution is 2.45. The fourth-order valence-corrected chi connectivity index (χ4v) is 100. The van der Waals surface area contributed by atoms with Gasteiger partial charge in [0.2, 0.25) is 0 Å². The lowest BCUT2D eigenvalue weighted by Gasteiger charge is -2.59. The summed E-state index contributed by atoms with van der Waals surface area (Å²) in [6, 6.07) is 10.4. The summed E-state index contributed by atoms with van der Waals surface area (Å²) in [6.45, 7) is 26.7. The summed E-state index contributed by atoms with van der Waals surface area (Å²) in [5, 5.41) is 0. The largest absolute Gasteiger partial charge is 0.466 e. The minimum Gasteiger partial charge on any atom is -0.466 e. The zero-order chi connectivity index (χ0) is 22.9. The molecule has 0 amide bonds. The van der Waals surface area contributed by atoms with Crippen molar-refractivity contribution < 1.29 is 14.0 Å². The van der Waals surface area contributed by atoms with Crippen LogP contribution in [0, 0.1) is 0 Å². The topological polar surface area (TPSA) is 35.5 Å². The number of hydrogen-bond acceptors (Lipinski definition) is 3. The minimum absolute atomic E-state index is 0.350. The van der Waals surface area contributed by atoms with E-state index >= 15 is 0 Å². The van der Waals surface area contributed by atoms with Crippen LogP contribution in [-0.2, 0) is 19.6 Å². The van der Waals surface area contributed by atoms with Crippen LogP contribution in [0.1, 0.15) is 18.9 Å². The fraction of sp³-hybridized carbons (Fsp3) is 0.591. The highest BCUT2D eigenvalue weighted by Gasteiger charge is 2.65. The van der Waals surface area contributed by atoms with E-state index in [1.165, 1.54) is 7.11 Å². The van der Waals surface area contributed by atoms with Gasteiger partial charge >= 0.3 is 5.97 Å². The summed E-state index contributed by atoms with van der Waals surface area (Å²) in [4.78, 5) is 12.2. The highest BCUT2D eigenvalue weighted by atomic mass is 29.9. The Morgan fingerprint density at radius 3 is 1.66 bits per heavy atom. The van der Waals surface area contributed by atoms with E-state index in [2.05, 4.69) is 96.7 Å². The maximum absolute atomic E-state index is 12.2. The number of rotatable bonds is 9. The van der Waals surface area contributed by atoms with Crippen molar-refractivity contribution >= 4 is 35.6 Å². The highest BCUT2D eigenvalue weighted by molar-refractivity contribution is 7.87. The Labute approximate surface area is 182 Å². The van der Waals surface area contributed by atoms with Crippen LogP contribution >= 0.6 is 0 Å². The van der Waals surface area contributed by atoms with Gasteiger partial charge < -0.3 is 9.16 Å². The second kappa shape index (κ2) is 8.78. The SMILES string of the molecule is C=C(CC(C)(O[Si]([Si](C)(C)C)([Si](C)(C)C)[Si](C)(C)C)c1ccccc1)C(=O)OC. The van der Waals surface area contributed by atoms with Gasteiger partial charge in [0.05, 0.1) is 35.5 Å². The second-order valence-corrected chi connectivity index (χ2v) is 50.8. The van der Waals surface area contributed by atoms with Crippen molar-refractivity contribution in [2.24, 2.45) is 0 Å². The smallest absolute Gasteiger partial charge is 0.333 e. The van der Waals surface area contributed by atoms with E-state index in [-0.39, 0.29) is 5.97 Å². The first kappa shape index (κ1) is 26.3. The second-order valence-electron chi connectivity index (χ2n) is 11.4. The van der Waals surface area contributed by atoms with Gasteiger partial charge in [-0.25, -0.2) is 4.79 Å². The number of hydrogen-bond donors (Lipinski definition) is 0. The van der Waals surface area contributed by atoms with Gasteiger partial charge in [0, 0.05) is 12.0 Å². The van der Waals surface area contributed by atoms with Crippen LogP contribution in [0.4, 0.5) is 0 Å². The van der Waals surface area contributed by atoms with Gasteiger partial charge in [0.15, 0.2) is 6.87 Å². The number of benzene rings is 1. The molecule has 0 bridgehead atoms. The van der Waals surface area contributed by atoms with Gasteiger partial charge in [-0.15, -0.1) is 0 Å². The number of esters is 1. The van der Waals surface area contributed by atoms with Gasteiger partial charge in [-0.2, -0.15) is 0 Å². The van der Waals surface area contributed by atoms with Crippen molar-refractivity contribution in [2.45, 2.75) is 77.9 Å². The van der Waals surface area contributed by atoms with Crippen molar-refractivity contribution in [1.29, 1.82) is 0 Å². The zero-order valence-electron chi connectivity index (χ0n) is 20.5. The summed E-state index contributed by atoms with van der Waals surface area (Å²) in [7, 11) is -3.51. The number of methoxy groups -OCH3 is 1.